The van der Waals surface area contributed by atoms with Gasteiger partial charge in [0.25, 0.3) is 0 Å². The van der Waals surface area contributed by atoms with Crippen LogP contribution in [-0.2, 0) is 40.6 Å². The first kappa shape index (κ1) is 11.7. The second-order valence-electron chi connectivity index (χ2n) is 0.625. The van der Waals surface area contributed by atoms with Crippen LogP contribution in [0.25, 0.3) is 0 Å². The monoisotopic (exact) mass is 197 g/mol. The van der Waals surface area contributed by atoms with Gasteiger partial charge in [0.15, 0.2) is 0 Å². The van der Waals surface area contributed by atoms with Crippen molar-refractivity contribution in [1.29, 1.82) is 0 Å². The van der Waals surface area contributed by atoms with E-state index in [0.29, 0.717) is 0 Å². The van der Waals surface area contributed by atoms with Gasteiger partial charge in [-0.2, -0.15) is 0 Å². The zero-order valence-corrected chi connectivity index (χ0v) is 5.80. The minimum absolute atomic E-state index is 2.86. The Bertz CT molecular complexity index is 189. The Labute approximate surface area is 54.1 Å². The second-order valence-corrected chi connectivity index (χ2v) is 2.33. The Morgan fingerprint density at radius 2 is 1.22 bits per heavy atom. The second kappa shape index (κ2) is 4.81. The van der Waals surface area contributed by atoms with E-state index in [2.05, 4.69) is 0 Å². The van der Waals surface area contributed by atoms with Gasteiger partial charge in [-0.05, 0) is 0 Å². The van der Waals surface area contributed by atoms with E-state index in [9.17, 15) is 0 Å². The van der Waals surface area contributed by atoms with E-state index < -0.39 is 24.6 Å². The van der Waals surface area contributed by atoms with Gasteiger partial charge in [0.1, 0.15) is 0 Å². The maximum atomic E-state index is 8.59. The fraction of sp³-hybridized carbons (Fsp3) is 0. The molecular weight excluding hydrogens is 196 g/mol. The number of hydrogen-bond acceptors (Lipinski definition) is 7. The topological polar surface area (TPSA) is 135 Å². The zero-order valence-electron chi connectivity index (χ0n) is 3.71. The van der Waals surface area contributed by atoms with Gasteiger partial charge in [-0.15, -0.1) is 0 Å². The fourth-order valence-electron chi connectivity index (χ4n) is 0. The van der Waals surface area contributed by atoms with Crippen molar-refractivity contribution >= 4 is 11.0 Å². The molecule has 0 rings (SSSR count). The molecule has 0 aromatic heterocycles. The van der Waals surface area contributed by atoms with Crippen molar-refractivity contribution in [2.45, 2.75) is 0 Å². The van der Waals surface area contributed by atoms with Crippen molar-refractivity contribution in [2.24, 2.45) is 0 Å². The maximum absolute atomic E-state index is 8.59. The molecule has 0 saturated carbocycles. The van der Waals surface area contributed by atoms with Crippen LogP contribution in [0.5, 0.6) is 0 Å². The molecule has 0 fully saturated rings. The standard InChI is InChI=1S/Cr.HO3S.4O/c;1-4(2)3;;;;/h;(H,1,2,3);;;;/q;-1;;;2*-1. The Hall–Kier alpha value is -0.0375. The molecule has 0 bridgehead atoms. The summed E-state index contributed by atoms with van der Waals surface area (Å²) >= 11 is -5.75. The molecule has 0 aromatic carbocycles. The molecule has 0 spiro atoms. The molecule has 0 atom stereocenters. The summed E-state index contributed by atoms with van der Waals surface area (Å²) in [4.78, 5) is 0. The zero-order chi connectivity index (χ0) is 8.08. The molecule has 9 heteroatoms. The van der Waals surface area contributed by atoms with Crippen LogP contribution in [0.15, 0.2) is 0 Å². The van der Waals surface area contributed by atoms with Crippen LogP contribution in [0, 0.1) is 0 Å². The molecule has 0 aliphatic heterocycles. The molecule has 0 aliphatic carbocycles. The average Bonchev–Trinajstić information content (AvgIpc) is 1.19. The predicted molar refractivity (Wildman–Crippen MR) is 12.7 cm³/mol. The third kappa shape index (κ3) is 201000. The number of hydrogen-bond donors (Lipinski definition) is 1. The van der Waals surface area contributed by atoms with Gasteiger partial charge in [0, 0.05) is 11.0 Å². The Morgan fingerprint density at radius 1 is 1.22 bits per heavy atom. The van der Waals surface area contributed by atoms with E-state index in [0.717, 1.165) is 0 Å². The van der Waals surface area contributed by atoms with Crippen molar-refractivity contribution < 1.29 is 42.5 Å². The first-order chi connectivity index (χ1) is 3.73. The molecule has 0 heterocycles. The van der Waals surface area contributed by atoms with E-state index in [1.165, 1.54) is 0 Å². The molecule has 7 nitrogen and oxygen atoms in total. The van der Waals surface area contributed by atoms with E-state index in [-0.39, 0.29) is 0 Å². The summed E-state index contributed by atoms with van der Waals surface area (Å²) in [6.07, 6.45) is 0. The molecule has 58 valence electrons. The quantitative estimate of drug-likeness (QED) is 0.251. The summed E-state index contributed by atoms with van der Waals surface area (Å²) in [7, 11) is -2.86. The first-order valence-electron chi connectivity index (χ1n) is 1.18. The minimum atomic E-state index is -5.75. The van der Waals surface area contributed by atoms with Gasteiger partial charge >= 0.3 is 29.5 Å². The van der Waals surface area contributed by atoms with E-state index >= 15 is 0 Å². The van der Waals surface area contributed by atoms with E-state index in [4.69, 9.17) is 28.9 Å². The number of rotatable bonds is 0. The molecule has 0 amide bonds. The molecular formula is HCrO7S-3. The summed E-state index contributed by atoms with van der Waals surface area (Å²) in [6.45, 7) is 0. The molecule has 9 heavy (non-hydrogen) atoms. The van der Waals surface area contributed by atoms with Crippen molar-refractivity contribution in [2.75, 3.05) is 0 Å². The van der Waals surface area contributed by atoms with Gasteiger partial charge in [-0.3, -0.25) is 0 Å². The van der Waals surface area contributed by atoms with Crippen molar-refractivity contribution in [3.63, 3.8) is 0 Å². The average molecular weight is 197 g/mol. The summed E-state index contributed by atoms with van der Waals surface area (Å²) < 4.78 is 58.5. The molecule has 0 saturated heterocycles. The first-order valence-corrected chi connectivity index (χ1v) is 4.30. The van der Waals surface area contributed by atoms with Crippen LogP contribution in [0.2, 0.25) is 0 Å². The van der Waals surface area contributed by atoms with Crippen LogP contribution in [-0.4, -0.2) is 4.55 Å². The SMILES string of the molecule is O=[S-](=O)O.[O]=[Cr](=[O])([O-])[O-]. The predicted octanol–water partition coefficient (Wildman–Crippen LogP) is -2.85. The fourth-order valence-corrected chi connectivity index (χ4v) is 0. The van der Waals surface area contributed by atoms with Crippen LogP contribution < -0.4 is 8.32 Å². The van der Waals surface area contributed by atoms with Crippen molar-refractivity contribution in [3.05, 3.63) is 0 Å². The summed E-state index contributed by atoms with van der Waals surface area (Å²) in [5.41, 5.74) is 0. The summed E-state index contributed by atoms with van der Waals surface area (Å²) in [5, 5.41) is 0. The van der Waals surface area contributed by atoms with Gasteiger partial charge in [-0.25, -0.2) is 0 Å². The van der Waals surface area contributed by atoms with Gasteiger partial charge in [-0.1, -0.05) is 0 Å². The van der Waals surface area contributed by atoms with Gasteiger partial charge in [0.2, 0.25) is 0 Å². The van der Waals surface area contributed by atoms with Crippen LogP contribution >= 0.6 is 0 Å². The molecule has 0 aromatic rings. The van der Waals surface area contributed by atoms with Crippen LogP contribution in [0.1, 0.15) is 0 Å². The summed E-state index contributed by atoms with van der Waals surface area (Å²) in [5.74, 6) is 0. The Balaban J connectivity index is 0. The molecule has 0 radical (unpaired) electrons. The third-order valence-electron chi connectivity index (χ3n) is 0. The Kier molecular flexibility index (Phi) is 6.26. The van der Waals surface area contributed by atoms with Crippen molar-refractivity contribution in [1.82, 2.24) is 0 Å². The van der Waals surface area contributed by atoms with Crippen LogP contribution in [0.4, 0.5) is 0 Å². The molecule has 1 N–H and O–H groups in total. The van der Waals surface area contributed by atoms with E-state index in [1.807, 2.05) is 0 Å². The van der Waals surface area contributed by atoms with Crippen molar-refractivity contribution in [3.8, 4) is 0 Å². The third-order valence-corrected chi connectivity index (χ3v) is 0. The van der Waals surface area contributed by atoms with Gasteiger partial charge in [0.05, 0.1) is 0 Å². The van der Waals surface area contributed by atoms with Crippen LogP contribution in [0.3, 0.4) is 0 Å². The normalized spacial score (nSPS) is 10.2. The Morgan fingerprint density at radius 3 is 1.22 bits per heavy atom. The van der Waals surface area contributed by atoms with E-state index in [1.54, 1.807) is 0 Å². The van der Waals surface area contributed by atoms with Gasteiger partial charge < -0.3 is 13.0 Å². The molecule has 0 unspecified atom stereocenters. The summed E-state index contributed by atoms with van der Waals surface area (Å²) in [6, 6.07) is 0. The molecule has 0 aliphatic rings.